The first-order chi connectivity index (χ1) is 12.1. The van der Waals surface area contributed by atoms with Crippen LogP contribution in [-0.4, -0.2) is 20.2 Å². The fraction of sp³-hybridized carbons (Fsp3) is 0.111. The average Bonchev–Trinajstić information content (AvgIpc) is 3.17. The van der Waals surface area contributed by atoms with Gasteiger partial charge in [-0.3, -0.25) is 9.78 Å². The molecule has 0 bridgehead atoms. The van der Waals surface area contributed by atoms with Gasteiger partial charge in [0.05, 0.1) is 4.88 Å². The third kappa shape index (κ3) is 3.07. The fourth-order valence-electron chi connectivity index (χ4n) is 2.65. The Kier molecular flexibility index (Phi) is 3.87. The molecule has 0 aliphatic carbocycles. The lowest BCUT2D eigenvalue weighted by Crippen LogP contribution is -1.99. The van der Waals surface area contributed by atoms with Crippen LogP contribution < -0.4 is 4.87 Å². The van der Waals surface area contributed by atoms with Crippen molar-refractivity contribution in [2.24, 2.45) is 0 Å². The number of nitrogens with one attached hydrogen (secondary N) is 1. The second-order valence-electron chi connectivity index (χ2n) is 5.63. The summed E-state index contributed by atoms with van der Waals surface area (Å²) in [5, 5.41) is 20.1. The van der Waals surface area contributed by atoms with Crippen molar-refractivity contribution >= 4 is 22.4 Å². The molecular formula is C18H14N2O4S. The zero-order valence-corrected chi connectivity index (χ0v) is 13.8. The molecule has 0 aliphatic heterocycles. The highest BCUT2D eigenvalue weighted by atomic mass is 32.1. The van der Waals surface area contributed by atoms with Crippen LogP contribution in [0, 0.1) is 0 Å². The molecule has 0 saturated carbocycles. The number of H-pyrrole nitrogens is 1. The number of aromatic nitrogens is 2. The molecule has 0 aliphatic rings. The van der Waals surface area contributed by atoms with Gasteiger partial charge in [0.15, 0.2) is 11.7 Å². The van der Waals surface area contributed by atoms with E-state index in [1.165, 1.54) is 0 Å². The summed E-state index contributed by atoms with van der Waals surface area (Å²) in [5.41, 5.74) is 2.77. The van der Waals surface area contributed by atoms with Crippen LogP contribution in [0.2, 0.25) is 0 Å². The minimum Gasteiger partial charge on any atom is -0.494 e. The molecular weight excluding hydrogens is 340 g/mol. The van der Waals surface area contributed by atoms with E-state index < -0.39 is 6.10 Å². The molecule has 126 valence electrons. The zero-order valence-electron chi connectivity index (χ0n) is 13.0. The maximum atomic E-state index is 11.3. The molecule has 2 aromatic heterocycles. The van der Waals surface area contributed by atoms with Crippen LogP contribution in [0.25, 0.3) is 11.1 Å². The van der Waals surface area contributed by atoms with Gasteiger partial charge in [-0.25, -0.2) is 4.98 Å². The van der Waals surface area contributed by atoms with Crippen LogP contribution in [0.5, 0.6) is 5.88 Å². The molecule has 0 amide bonds. The highest BCUT2D eigenvalue weighted by Gasteiger charge is 2.17. The number of aliphatic hydroxyl groups excluding tert-OH is 1. The standard InChI is InChI=1S/C18H14N2O4S/c21-15(11-4-2-1-3-5-11)17-19-12-8-10(6-7-13(12)24-17)9-14-16(22)20-18(23)25-14/h1-8,15,21-22H,9H2,(H,20,23). The number of fused-ring (bicyclic) bond motifs is 1. The third-order valence-electron chi connectivity index (χ3n) is 3.88. The molecule has 2 heterocycles. The number of rotatable bonds is 4. The minimum absolute atomic E-state index is 0.101. The molecule has 7 heteroatoms. The predicted molar refractivity (Wildman–Crippen MR) is 93.9 cm³/mol. The molecule has 6 nitrogen and oxygen atoms in total. The van der Waals surface area contributed by atoms with Crippen molar-refractivity contribution in [1.82, 2.24) is 9.97 Å². The van der Waals surface area contributed by atoms with Crippen LogP contribution in [0.4, 0.5) is 0 Å². The number of aliphatic hydroxyl groups is 1. The van der Waals surface area contributed by atoms with E-state index in [9.17, 15) is 15.0 Å². The lowest BCUT2D eigenvalue weighted by Gasteiger charge is -2.05. The number of aromatic amines is 1. The predicted octanol–water partition coefficient (Wildman–Crippen LogP) is 2.96. The van der Waals surface area contributed by atoms with E-state index in [-0.39, 0.29) is 16.6 Å². The molecule has 1 atom stereocenters. The van der Waals surface area contributed by atoms with Crippen LogP contribution >= 0.6 is 11.3 Å². The second kappa shape index (κ2) is 6.19. The summed E-state index contributed by atoms with van der Waals surface area (Å²) in [6, 6.07) is 14.6. The molecule has 4 aromatic rings. The van der Waals surface area contributed by atoms with Gasteiger partial charge in [-0.15, -0.1) is 0 Å². The number of hydrogen-bond acceptors (Lipinski definition) is 6. The van der Waals surface area contributed by atoms with Crippen LogP contribution in [0.3, 0.4) is 0 Å². The first-order valence-corrected chi connectivity index (χ1v) is 8.45. The summed E-state index contributed by atoms with van der Waals surface area (Å²) in [7, 11) is 0. The Morgan fingerprint density at radius 2 is 2.00 bits per heavy atom. The van der Waals surface area contributed by atoms with E-state index in [0.717, 1.165) is 16.9 Å². The van der Waals surface area contributed by atoms with Crippen molar-refractivity contribution in [3.63, 3.8) is 0 Å². The van der Waals surface area contributed by atoms with Crippen molar-refractivity contribution in [1.29, 1.82) is 0 Å². The molecule has 4 rings (SSSR count). The van der Waals surface area contributed by atoms with Gasteiger partial charge in [0.2, 0.25) is 11.8 Å². The van der Waals surface area contributed by atoms with Gasteiger partial charge < -0.3 is 14.6 Å². The monoisotopic (exact) mass is 354 g/mol. The van der Waals surface area contributed by atoms with Gasteiger partial charge in [0.25, 0.3) is 0 Å². The summed E-state index contributed by atoms with van der Waals surface area (Å²) in [6.45, 7) is 0. The van der Waals surface area contributed by atoms with Gasteiger partial charge in [0, 0.05) is 6.42 Å². The Morgan fingerprint density at radius 3 is 2.72 bits per heavy atom. The number of nitrogens with zero attached hydrogens (tertiary/aromatic N) is 1. The molecule has 1 unspecified atom stereocenters. The molecule has 0 saturated heterocycles. The van der Waals surface area contributed by atoms with Crippen molar-refractivity contribution in [2.75, 3.05) is 0 Å². The smallest absolute Gasteiger partial charge is 0.307 e. The molecule has 2 aromatic carbocycles. The zero-order chi connectivity index (χ0) is 17.4. The first kappa shape index (κ1) is 15.6. The van der Waals surface area contributed by atoms with Crippen molar-refractivity contribution in [3.8, 4) is 5.88 Å². The Labute approximate surface area is 146 Å². The van der Waals surface area contributed by atoms with Gasteiger partial charge in [0.1, 0.15) is 5.52 Å². The number of aromatic hydroxyl groups is 1. The number of hydrogen-bond donors (Lipinski definition) is 3. The maximum Gasteiger partial charge on any atom is 0.307 e. The number of thiazole rings is 1. The lowest BCUT2D eigenvalue weighted by atomic mass is 10.1. The van der Waals surface area contributed by atoms with Gasteiger partial charge in [-0.2, -0.15) is 0 Å². The quantitative estimate of drug-likeness (QED) is 0.523. The topological polar surface area (TPSA) is 99.4 Å². The largest absolute Gasteiger partial charge is 0.494 e. The van der Waals surface area contributed by atoms with Crippen molar-refractivity contribution in [3.05, 3.63) is 80.1 Å². The van der Waals surface area contributed by atoms with Crippen molar-refractivity contribution in [2.45, 2.75) is 12.5 Å². The van der Waals surface area contributed by atoms with E-state index in [0.29, 0.717) is 28.0 Å². The third-order valence-corrected chi connectivity index (χ3v) is 4.75. The van der Waals surface area contributed by atoms with Crippen LogP contribution in [-0.2, 0) is 6.42 Å². The molecule has 0 fully saturated rings. The fourth-order valence-corrected chi connectivity index (χ4v) is 3.41. The Hall–Kier alpha value is -2.90. The van der Waals surface area contributed by atoms with Crippen LogP contribution in [0.15, 0.2) is 57.7 Å². The van der Waals surface area contributed by atoms with E-state index in [4.69, 9.17) is 4.42 Å². The summed E-state index contributed by atoms with van der Waals surface area (Å²) in [4.78, 5) is 18.3. The lowest BCUT2D eigenvalue weighted by molar-refractivity contribution is 0.185. The summed E-state index contributed by atoms with van der Waals surface area (Å²) in [5.74, 6) is 0.128. The average molecular weight is 354 g/mol. The maximum absolute atomic E-state index is 11.3. The number of benzene rings is 2. The Bertz CT molecular complexity index is 1080. The van der Waals surface area contributed by atoms with Crippen molar-refractivity contribution < 1.29 is 14.6 Å². The van der Waals surface area contributed by atoms with Gasteiger partial charge in [-0.05, 0) is 23.3 Å². The second-order valence-corrected chi connectivity index (χ2v) is 6.70. The SMILES string of the molecule is O=c1[nH]c(O)c(Cc2ccc3oc(C(O)c4ccccc4)nc3c2)s1. The van der Waals surface area contributed by atoms with E-state index >= 15 is 0 Å². The summed E-state index contributed by atoms with van der Waals surface area (Å²) < 4.78 is 5.65. The Morgan fingerprint density at radius 1 is 1.20 bits per heavy atom. The van der Waals surface area contributed by atoms with E-state index in [2.05, 4.69) is 9.97 Å². The van der Waals surface area contributed by atoms with E-state index in [1.807, 2.05) is 42.5 Å². The molecule has 25 heavy (non-hydrogen) atoms. The van der Waals surface area contributed by atoms with Crippen LogP contribution in [0.1, 0.15) is 28.0 Å². The molecule has 3 N–H and O–H groups in total. The normalized spacial score (nSPS) is 12.5. The summed E-state index contributed by atoms with van der Waals surface area (Å²) in [6.07, 6.45) is -0.523. The van der Waals surface area contributed by atoms with Gasteiger partial charge >= 0.3 is 4.87 Å². The number of oxazole rings is 1. The molecule has 0 spiro atoms. The van der Waals surface area contributed by atoms with E-state index in [1.54, 1.807) is 6.07 Å². The highest BCUT2D eigenvalue weighted by Crippen LogP contribution is 2.27. The van der Waals surface area contributed by atoms with Gasteiger partial charge in [-0.1, -0.05) is 47.7 Å². The highest BCUT2D eigenvalue weighted by molar-refractivity contribution is 7.09. The Balaban J connectivity index is 1.65. The molecule has 0 radical (unpaired) electrons. The first-order valence-electron chi connectivity index (χ1n) is 7.63. The summed E-state index contributed by atoms with van der Waals surface area (Å²) >= 11 is 0.977. The minimum atomic E-state index is -0.934.